The van der Waals surface area contributed by atoms with Gasteiger partial charge < -0.3 is 4.72 Å². The molecule has 0 aromatic carbocycles. The van der Waals surface area contributed by atoms with E-state index in [2.05, 4.69) is 46.6 Å². The first-order valence-electron chi connectivity index (χ1n) is 4.56. The molecule has 1 atom stereocenters. The van der Waals surface area contributed by atoms with Crippen molar-refractivity contribution in [1.82, 2.24) is 4.72 Å². The second kappa shape index (κ2) is 4.38. The molecule has 0 spiro atoms. The van der Waals surface area contributed by atoms with Crippen molar-refractivity contribution in [2.24, 2.45) is 5.92 Å². The normalized spacial score (nSPS) is 25.5. The molecule has 0 radical (unpaired) electrons. The molecule has 1 aliphatic carbocycles. The molecule has 2 rings (SSSR count). The minimum atomic E-state index is 0.677. The van der Waals surface area contributed by atoms with Crippen LogP contribution in [-0.4, -0.2) is 0 Å². The van der Waals surface area contributed by atoms with E-state index in [9.17, 15) is 0 Å². The van der Waals surface area contributed by atoms with E-state index in [0.29, 0.717) is 5.92 Å². The van der Waals surface area contributed by atoms with Crippen molar-refractivity contribution < 1.29 is 0 Å². The molecule has 1 heterocycles. The van der Waals surface area contributed by atoms with Gasteiger partial charge in [0.2, 0.25) is 0 Å². The molecular weight excluding hydrogens is 178 g/mol. The van der Waals surface area contributed by atoms with Gasteiger partial charge in [-0.2, -0.15) is 0 Å². The number of hydrogen-bond donors (Lipinski definition) is 1. The molecule has 1 unspecified atom stereocenters. The Bertz CT molecular complexity index is 286. The monoisotopic (exact) mass is 191 g/mol. The maximum absolute atomic E-state index is 3.30. The second-order valence-corrected chi connectivity index (χ2v) is 3.97. The van der Waals surface area contributed by atoms with Gasteiger partial charge in [0.05, 0.1) is 0 Å². The lowest BCUT2D eigenvalue weighted by Crippen LogP contribution is -2.09. The van der Waals surface area contributed by atoms with Gasteiger partial charge in [-0.1, -0.05) is 30.4 Å². The van der Waals surface area contributed by atoms with Crippen molar-refractivity contribution in [3.05, 3.63) is 47.6 Å². The van der Waals surface area contributed by atoms with Gasteiger partial charge in [-0.25, -0.2) is 0 Å². The summed E-state index contributed by atoms with van der Waals surface area (Å²) in [6.07, 6.45) is 15.3. The Labute approximate surface area is 83.4 Å². The zero-order valence-corrected chi connectivity index (χ0v) is 8.26. The van der Waals surface area contributed by atoms with E-state index in [1.807, 2.05) is 0 Å². The van der Waals surface area contributed by atoms with E-state index in [4.69, 9.17) is 0 Å². The van der Waals surface area contributed by atoms with E-state index in [1.165, 1.54) is 12.1 Å². The number of allylic oxidation sites excluding steroid dienone is 7. The number of rotatable bonds is 2. The van der Waals surface area contributed by atoms with Gasteiger partial charge in [0.15, 0.2) is 0 Å². The lowest BCUT2D eigenvalue weighted by atomic mass is 9.96. The molecule has 0 fully saturated rings. The van der Waals surface area contributed by atoms with Crippen LogP contribution in [0.1, 0.15) is 12.8 Å². The Kier molecular flexibility index (Phi) is 2.93. The fourth-order valence-electron chi connectivity index (χ4n) is 1.51. The first-order chi connectivity index (χ1) is 6.45. The summed E-state index contributed by atoms with van der Waals surface area (Å²) >= 11 is 1.65. The molecule has 0 aromatic heterocycles. The Morgan fingerprint density at radius 3 is 3.08 bits per heavy atom. The molecule has 0 bridgehead atoms. The van der Waals surface area contributed by atoms with Crippen LogP contribution in [0, 0.1) is 5.92 Å². The van der Waals surface area contributed by atoms with E-state index >= 15 is 0 Å². The molecule has 0 saturated carbocycles. The van der Waals surface area contributed by atoms with Crippen LogP contribution in [0.5, 0.6) is 0 Å². The molecule has 0 saturated heterocycles. The van der Waals surface area contributed by atoms with Gasteiger partial charge in [0.25, 0.3) is 0 Å². The maximum atomic E-state index is 3.30. The Morgan fingerprint density at radius 1 is 1.38 bits per heavy atom. The quantitative estimate of drug-likeness (QED) is 0.673. The summed E-state index contributed by atoms with van der Waals surface area (Å²) in [5.74, 6) is 0.677. The topological polar surface area (TPSA) is 12.0 Å². The Morgan fingerprint density at radius 2 is 2.38 bits per heavy atom. The van der Waals surface area contributed by atoms with Crippen molar-refractivity contribution in [2.45, 2.75) is 12.8 Å². The van der Waals surface area contributed by atoms with Crippen LogP contribution in [0.2, 0.25) is 0 Å². The Balaban J connectivity index is 1.90. The fraction of sp³-hybridized carbons (Fsp3) is 0.273. The van der Waals surface area contributed by atoms with Crippen molar-refractivity contribution in [3.63, 3.8) is 0 Å². The molecular formula is C11H13NS. The Hall–Kier alpha value is -0.890. The van der Waals surface area contributed by atoms with Gasteiger partial charge in [0.1, 0.15) is 0 Å². The van der Waals surface area contributed by atoms with Crippen LogP contribution in [0.25, 0.3) is 0 Å². The molecule has 1 aliphatic heterocycles. The highest BCUT2D eigenvalue weighted by atomic mass is 32.2. The standard InChI is InChI=1S/C11H13NS/c1-2-5-10(6-3-1)9-11-7-4-8-13-12-11/h1-5,7-8,10,12H,6,9H2. The maximum Gasteiger partial charge on any atom is 0.0220 e. The zero-order valence-electron chi connectivity index (χ0n) is 7.44. The molecule has 1 N–H and O–H groups in total. The van der Waals surface area contributed by atoms with E-state index < -0.39 is 0 Å². The molecule has 0 amide bonds. The van der Waals surface area contributed by atoms with Crippen molar-refractivity contribution in [3.8, 4) is 0 Å². The first-order valence-corrected chi connectivity index (χ1v) is 5.44. The summed E-state index contributed by atoms with van der Waals surface area (Å²) in [6.45, 7) is 0. The van der Waals surface area contributed by atoms with Gasteiger partial charge in [0, 0.05) is 5.70 Å². The molecule has 2 aliphatic rings. The second-order valence-electron chi connectivity index (χ2n) is 3.25. The number of hydrogen-bond acceptors (Lipinski definition) is 2. The van der Waals surface area contributed by atoms with Gasteiger partial charge in [-0.15, -0.1) is 0 Å². The van der Waals surface area contributed by atoms with Crippen molar-refractivity contribution in [2.75, 3.05) is 0 Å². The average Bonchev–Trinajstić information content (AvgIpc) is 2.21. The van der Waals surface area contributed by atoms with Crippen LogP contribution in [0.3, 0.4) is 0 Å². The predicted molar refractivity (Wildman–Crippen MR) is 59.0 cm³/mol. The van der Waals surface area contributed by atoms with Gasteiger partial charge >= 0.3 is 0 Å². The summed E-state index contributed by atoms with van der Waals surface area (Å²) in [7, 11) is 0. The van der Waals surface area contributed by atoms with Gasteiger partial charge in [-0.3, -0.25) is 0 Å². The summed E-state index contributed by atoms with van der Waals surface area (Å²) < 4.78 is 3.30. The van der Waals surface area contributed by atoms with Gasteiger partial charge in [-0.05, 0) is 42.2 Å². The summed E-state index contributed by atoms with van der Waals surface area (Å²) in [4.78, 5) is 0. The minimum Gasteiger partial charge on any atom is -0.330 e. The third-order valence-electron chi connectivity index (χ3n) is 2.19. The molecule has 2 heteroatoms. The lowest BCUT2D eigenvalue weighted by molar-refractivity contribution is 0.638. The average molecular weight is 191 g/mol. The largest absolute Gasteiger partial charge is 0.330 e. The minimum absolute atomic E-state index is 0.677. The van der Waals surface area contributed by atoms with Crippen LogP contribution >= 0.6 is 11.9 Å². The molecule has 1 nitrogen and oxygen atoms in total. The summed E-state index contributed by atoms with van der Waals surface area (Å²) in [5, 5.41) is 2.06. The predicted octanol–water partition coefficient (Wildman–Crippen LogP) is 3.16. The van der Waals surface area contributed by atoms with E-state index in [-0.39, 0.29) is 0 Å². The number of nitrogens with one attached hydrogen (secondary N) is 1. The highest BCUT2D eigenvalue weighted by Crippen LogP contribution is 2.22. The third-order valence-corrected chi connectivity index (χ3v) is 2.86. The van der Waals surface area contributed by atoms with Crippen LogP contribution in [0.15, 0.2) is 47.6 Å². The smallest absolute Gasteiger partial charge is 0.0220 e. The van der Waals surface area contributed by atoms with E-state index in [1.54, 1.807) is 11.9 Å². The highest BCUT2D eigenvalue weighted by molar-refractivity contribution is 8.00. The SMILES string of the molecule is C1=CCC(CC2=CC=CSN2)C=C1. The molecule has 13 heavy (non-hydrogen) atoms. The lowest BCUT2D eigenvalue weighted by Gasteiger charge is -2.17. The highest BCUT2D eigenvalue weighted by Gasteiger charge is 2.08. The summed E-state index contributed by atoms with van der Waals surface area (Å²) in [6, 6.07) is 0. The van der Waals surface area contributed by atoms with E-state index in [0.717, 1.165) is 6.42 Å². The fourth-order valence-corrected chi connectivity index (χ4v) is 2.04. The van der Waals surface area contributed by atoms with Crippen molar-refractivity contribution in [1.29, 1.82) is 0 Å². The zero-order chi connectivity index (χ0) is 8.93. The van der Waals surface area contributed by atoms with Crippen LogP contribution in [-0.2, 0) is 0 Å². The van der Waals surface area contributed by atoms with Crippen LogP contribution in [0.4, 0.5) is 0 Å². The third kappa shape index (κ3) is 2.52. The summed E-state index contributed by atoms with van der Waals surface area (Å²) in [5.41, 5.74) is 1.33. The van der Waals surface area contributed by atoms with Crippen LogP contribution < -0.4 is 4.72 Å². The molecule has 0 aromatic rings. The molecule has 68 valence electrons. The van der Waals surface area contributed by atoms with Crippen molar-refractivity contribution >= 4 is 11.9 Å². The first kappa shape index (κ1) is 8.70.